The summed E-state index contributed by atoms with van der Waals surface area (Å²) in [5.74, 6) is 0.904. The van der Waals surface area contributed by atoms with Crippen molar-refractivity contribution in [1.29, 1.82) is 5.26 Å². The zero-order chi connectivity index (χ0) is 16.8. The van der Waals surface area contributed by atoms with Crippen LogP contribution in [0, 0.1) is 27.4 Å². The maximum atomic E-state index is 10.9. The molecule has 2 rings (SSSR count). The van der Waals surface area contributed by atoms with Gasteiger partial charge in [-0.05, 0) is 12.0 Å². The van der Waals surface area contributed by atoms with Crippen molar-refractivity contribution in [2.75, 3.05) is 5.43 Å². The Morgan fingerprint density at radius 3 is 2.91 bits per heavy atom. The number of nitro groups is 1. The summed E-state index contributed by atoms with van der Waals surface area (Å²) in [4.78, 5) is 14.5. The van der Waals surface area contributed by atoms with Crippen molar-refractivity contribution in [3.8, 4) is 6.07 Å². The second-order valence-electron chi connectivity index (χ2n) is 5.18. The molecule has 0 aliphatic rings. The van der Waals surface area contributed by atoms with Gasteiger partial charge in [0.2, 0.25) is 5.69 Å². The van der Waals surface area contributed by atoms with Gasteiger partial charge in [0.15, 0.2) is 5.89 Å². The Morgan fingerprint density at radius 2 is 2.26 bits per heavy atom. The van der Waals surface area contributed by atoms with E-state index in [4.69, 9.17) is 9.68 Å². The van der Waals surface area contributed by atoms with Gasteiger partial charge in [-0.1, -0.05) is 26.0 Å². The molecule has 0 unspecified atom stereocenters. The summed E-state index contributed by atoms with van der Waals surface area (Å²) in [5, 5.41) is 23.9. The summed E-state index contributed by atoms with van der Waals surface area (Å²) in [6, 6.07) is 8.12. The van der Waals surface area contributed by atoms with Crippen molar-refractivity contribution in [2.24, 2.45) is 11.0 Å². The monoisotopic (exact) mass is 313 g/mol. The standard InChI is InChI=1S/C15H15N5O3/c1-10(2)7-14-18-12(8-16)15(23-14)19-17-9-11-5-3-4-6-13(11)20(21)22/h3-6,9-10,19H,7H2,1-2H3/b17-9+. The minimum atomic E-state index is -0.489. The number of para-hydroxylation sites is 1. The third-order valence-electron chi connectivity index (χ3n) is 2.86. The number of rotatable bonds is 6. The molecule has 2 aromatic rings. The number of hydrogen-bond acceptors (Lipinski definition) is 7. The first-order chi connectivity index (χ1) is 11.0. The number of nitrogens with one attached hydrogen (secondary N) is 1. The first-order valence-corrected chi connectivity index (χ1v) is 6.93. The zero-order valence-corrected chi connectivity index (χ0v) is 12.7. The van der Waals surface area contributed by atoms with Crippen molar-refractivity contribution in [3.63, 3.8) is 0 Å². The van der Waals surface area contributed by atoms with E-state index in [2.05, 4.69) is 15.5 Å². The lowest BCUT2D eigenvalue weighted by Crippen LogP contribution is -1.96. The smallest absolute Gasteiger partial charge is 0.278 e. The largest absolute Gasteiger partial charge is 0.422 e. The molecule has 8 nitrogen and oxygen atoms in total. The van der Waals surface area contributed by atoms with E-state index in [9.17, 15) is 10.1 Å². The van der Waals surface area contributed by atoms with Gasteiger partial charge in [-0.25, -0.2) is 10.4 Å². The summed E-state index contributed by atoms with van der Waals surface area (Å²) in [7, 11) is 0. The van der Waals surface area contributed by atoms with Gasteiger partial charge in [0.1, 0.15) is 6.07 Å². The van der Waals surface area contributed by atoms with Crippen LogP contribution in [0.4, 0.5) is 11.6 Å². The van der Waals surface area contributed by atoms with E-state index >= 15 is 0 Å². The van der Waals surface area contributed by atoms with Crippen LogP contribution in [0.15, 0.2) is 33.8 Å². The molecule has 0 spiro atoms. The van der Waals surface area contributed by atoms with Crippen LogP contribution in [0.2, 0.25) is 0 Å². The van der Waals surface area contributed by atoms with Gasteiger partial charge in [-0.3, -0.25) is 10.1 Å². The summed E-state index contributed by atoms with van der Waals surface area (Å²) in [5.41, 5.74) is 2.94. The fourth-order valence-corrected chi connectivity index (χ4v) is 1.88. The summed E-state index contributed by atoms with van der Waals surface area (Å²) in [6.07, 6.45) is 1.90. The normalized spacial score (nSPS) is 10.9. The summed E-state index contributed by atoms with van der Waals surface area (Å²) >= 11 is 0. The lowest BCUT2D eigenvalue weighted by atomic mass is 10.1. The molecule has 1 N–H and O–H groups in total. The molecule has 8 heteroatoms. The Bertz CT molecular complexity index is 774. The number of benzene rings is 1. The number of anilines is 1. The van der Waals surface area contributed by atoms with Gasteiger partial charge in [0.25, 0.3) is 11.6 Å². The maximum absolute atomic E-state index is 10.9. The van der Waals surface area contributed by atoms with Crippen molar-refractivity contribution >= 4 is 17.8 Å². The topological polar surface area (TPSA) is 117 Å². The zero-order valence-electron chi connectivity index (χ0n) is 12.7. The van der Waals surface area contributed by atoms with Crippen molar-refractivity contribution in [3.05, 3.63) is 51.5 Å². The van der Waals surface area contributed by atoms with Gasteiger partial charge < -0.3 is 4.42 Å². The Labute approximate surface area is 132 Å². The van der Waals surface area contributed by atoms with Crippen molar-refractivity contribution in [2.45, 2.75) is 20.3 Å². The van der Waals surface area contributed by atoms with Gasteiger partial charge in [0.05, 0.1) is 16.7 Å². The highest BCUT2D eigenvalue weighted by Crippen LogP contribution is 2.19. The lowest BCUT2D eigenvalue weighted by Gasteiger charge is -1.98. The molecule has 23 heavy (non-hydrogen) atoms. The Hall–Kier alpha value is -3.21. The Kier molecular flexibility index (Phi) is 5.04. The molecular weight excluding hydrogens is 298 g/mol. The van der Waals surface area contributed by atoms with E-state index < -0.39 is 4.92 Å². The molecule has 0 aliphatic carbocycles. The Morgan fingerprint density at radius 1 is 1.52 bits per heavy atom. The SMILES string of the molecule is CC(C)Cc1nc(C#N)c(N/N=C/c2ccccc2[N+](=O)[O-])o1. The summed E-state index contributed by atoms with van der Waals surface area (Å²) < 4.78 is 5.44. The van der Waals surface area contributed by atoms with Crippen molar-refractivity contribution < 1.29 is 9.34 Å². The van der Waals surface area contributed by atoms with Crippen LogP contribution >= 0.6 is 0 Å². The molecule has 1 aromatic carbocycles. The highest BCUT2D eigenvalue weighted by atomic mass is 16.6. The molecule has 0 radical (unpaired) electrons. The Balaban J connectivity index is 2.16. The van der Waals surface area contributed by atoms with Crippen LogP contribution in [0.3, 0.4) is 0 Å². The second-order valence-corrected chi connectivity index (χ2v) is 5.18. The predicted molar refractivity (Wildman–Crippen MR) is 84.1 cm³/mol. The number of nitriles is 1. The van der Waals surface area contributed by atoms with Crippen LogP contribution in [0.1, 0.15) is 31.0 Å². The molecule has 1 heterocycles. The minimum absolute atomic E-state index is 0.0587. The highest BCUT2D eigenvalue weighted by Gasteiger charge is 2.14. The molecule has 0 bridgehead atoms. The summed E-state index contributed by atoms with van der Waals surface area (Å²) in [6.45, 7) is 4.02. The maximum Gasteiger partial charge on any atom is 0.278 e. The number of nitro benzene ring substituents is 1. The first-order valence-electron chi connectivity index (χ1n) is 6.93. The van der Waals surface area contributed by atoms with Gasteiger partial charge in [0, 0.05) is 12.5 Å². The number of oxazole rings is 1. The predicted octanol–water partition coefficient (Wildman–Crippen LogP) is 3.10. The van der Waals surface area contributed by atoms with Crippen LogP contribution in [-0.4, -0.2) is 16.1 Å². The van der Waals surface area contributed by atoms with Crippen molar-refractivity contribution in [1.82, 2.24) is 4.98 Å². The average Bonchev–Trinajstić information content (AvgIpc) is 2.88. The van der Waals surface area contributed by atoms with Gasteiger partial charge in [-0.15, -0.1) is 0 Å². The molecule has 0 fully saturated rings. The molecular formula is C15H15N5O3. The molecule has 0 saturated carbocycles. The van der Waals surface area contributed by atoms with Crippen LogP contribution in [-0.2, 0) is 6.42 Å². The molecule has 0 aliphatic heterocycles. The molecule has 0 saturated heterocycles. The van der Waals surface area contributed by atoms with Gasteiger partial charge in [-0.2, -0.15) is 10.4 Å². The number of hydrazone groups is 1. The van der Waals surface area contributed by atoms with E-state index in [1.165, 1.54) is 12.3 Å². The molecule has 1 aromatic heterocycles. The van der Waals surface area contributed by atoms with E-state index in [0.717, 1.165) is 0 Å². The molecule has 118 valence electrons. The van der Waals surface area contributed by atoms with E-state index in [1.807, 2.05) is 19.9 Å². The third kappa shape index (κ3) is 4.14. The van der Waals surface area contributed by atoms with E-state index in [-0.39, 0.29) is 17.3 Å². The van der Waals surface area contributed by atoms with Crippen LogP contribution < -0.4 is 5.43 Å². The molecule has 0 amide bonds. The second kappa shape index (κ2) is 7.17. The minimum Gasteiger partial charge on any atom is -0.422 e. The fraction of sp³-hybridized carbons (Fsp3) is 0.267. The third-order valence-corrected chi connectivity index (χ3v) is 2.86. The van der Waals surface area contributed by atoms with Crippen LogP contribution in [0.5, 0.6) is 0 Å². The highest BCUT2D eigenvalue weighted by molar-refractivity contribution is 5.85. The number of hydrogen-bond donors (Lipinski definition) is 1. The van der Waals surface area contributed by atoms with Crippen LogP contribution in [0.25, 0.3) is 0 Å². The number of aromatic nitrogens is 1. The average molecular weight is 313 g/mol. The fourth-order valence-electron chi connectivity index (χ4n) is 1.88. The number of nitrogens with zero attached hydrogens (tertiary/aromatic N) is 4. The quantitative estimate of drug-likeness (QED) is 0.497. The van der Waals surface area contributed by atoms with E-state index in [1.54, 1.807) is 18.2 Å². The first kappa shape index (κ1) is 16.2. The van der Waals surface area contributed by atoms with Gasteiger partial charge >= 0.3 is 0 Å². The lowest BCUT2D eigenvalue weighted by molar-refractivity contribution is -0.385. The molecule has 0 atom stereocenters. The van der Waals surface area contributed by atoms with E-state index in [0.29, 0.717) is 23.8 Å².